The number of para-hydroxylation sites is 1. The smallest absolute Gasteiger partial charge is 0.250 e. The van der Waals surface area contributed by atoms with Crippen LogP contribution in [0.15, 0.2) is 42.5 Å². The van der Waals surface area contributed by atoms with E-state index in [1.54, 1.807) is 0 Å². The Labute approximate surface area is 176 Å². The molecule has 2 heterocycles. The van der Waals surface area contributed by atoms with Crippen molar-refractivity contribution in [2.75, 3.05) is 5.32 Å². The monoisotopic (exact) mass is 403 g/mol. The standard InChI is InChI=1S/C25H29N3O2/c26-25(30)19-13-8-16(15-21(19)27-17-9-11-18(29)12-10-17)24-20-5-1-2-6-22(20)28-14-4-3-7-23(24)28/h1-2,5-6,8,13,15,17-18,27,29H,3-4,7,9-12,14H2,(H2,26,30). The maximum Gasteiger partial charge on any atom is 0.250 e. The first kappa shape index (κ1) is 19.2. The van der Waals surface area contributed by atoms with E-state index < -0.39 is 5.91 Å². The third-order valence-corrected chi connectivity index (χ3v) is 6.75. The van der Waals surface area contributed by atoms with Crippen molar-refractivity contribution in [3.63, 3.8) is 0 Å². The van der Waals surface area contributed by atoms with Crippen LogP contribution in [0.3, 0.4) is 0 Å². The summed E-state index contributed by atoms with van der Waals surface area (Å²) < 4.78 is 2.46. The molecule has 0 spiro atoms. The number of primary amides is 1. The third kappa shape index (κ3) is 3.37. The molecule has 5 heteroatoms. The van der Waals surface area contributed by atoms with Crippen LogP contribution in [0.5, 0.6) is 0 Å². The summed E-state index contributed by atoms with van der Waals surface area (Å²) in [6.07, 6.45) is 6.67. The van der Waals surface area contributed by atoms with E-state index in [1.807, 2.05) is 12.1 Å². The number of amides is 1. The number of rotatable bonds is 4. The molecule has 2 aromatic carbocycles. The lowest BCUT2D eigenvalue weighted by Crippen LogP contribution is -2.29. The average Bonchev–Trinajstić information content (AvgIpc) is 3.10. The zero-order valence-electron chi connectivity index (χ0n) is 17.2. The summed E-state index contributed by atoms with van der Waals surface area (Å²) in [7, 11) is 0. The number of aryl methyl sites for hydroxylation is 1. The van der Waals surface area contributed by atoms with Crippen LogP contribution in [-0.2, 0) is 13.0 Å². The van der Waals surface area contributed by atoms with Crippen LogP contribution in [-0.4, -0.2) is 27.7 Å². The molecule has 4 N–H and O–H groups in total. The summed E-state index contributed by atoms with van der Waals surface area (Å²) in [4.78, 5) is 12.1. The highest BCUT2D eigenvalue weighted by atomic mass is 16.3. The van der Waals surface area contributed by atoms with Gasteiger partial charge in [0.15, 0.2) is 0 Å². The van der Waals surface area contributed by atoms with Gasteiger partial charge in [-0.05, 0) is 68.7 Å². The van der Waals surface area contributed by atoms with Crippen molar-refractivity contribution in [2.45, 2.75) is 63.6 Å². The highest BCUT2D eigenvalue weighted by molar-refractivity contribution is 6.02. The van der Waals surface area contributed by atoms with Gasteiger partial charge < -0.3 is 20.7 Å². The molecule has 1 amide bonds. The van der Waals surface area contributed by atoms with Gasteiger partial charge in [0.1, 0.15) is 0 Å². The predicted molar refractivity (Wildman–Crippen MR) is 121 cm³/mol. The SMILES string of the molecule is NC(=O)c1ccc(-c2c3n(c4ccccc24)CCCC3)cc1NC1CCC(O)CC1. The minimum absolute atomic E-state index is 0.204. The Hall–Kier alpha value is -2.79. The van der Waals surface area contributed by atoms with Gasteiger partial charge in [0.25, 0.3) is 5.91 Å². The van der Waals surface area contributed by atoms with Gasteiger partial charge in [0, 0.05) is 40.4 Å². The van der Waals surface area contributed by atoms with E-state index in [-0.39, 0.29) is 12.1 Å². The Kier molecular flexibility index (Phi) is 4.99. The zero-order chi connectivity index (χ0) is 20.7. The van der Waals surface area contributed by atoms with Gasteiger partial charge in [-0.15, -0.1) is 0 Å². The molecule has 156 valence electrons. The first-order valence-corrected chi connectivity index (χ1v) is 11.1. The lowest BCUT2D eigenvalue weighted by atomic mass is 9.92. The van der Waals surface area contributed by atoms with E-state index in [0.29, 0.717) is 5.56 Å². The van der Waals surface area contributed by atoms with Crippen LogP contribution < -0.4 is 11.1 Å². The van der Waals surface area contributed by atoms with Crippen molar-refractivity contribution >= 4 is 22.5 Å². The largest absolute Gasteiger partial charge is 0.393 e. The normalized spacial score (nSPS) is 21.4. The number of anilines is 1. The summed E-state index contributed by atoms with van der Waals surface area (Å²) in [5.74, 6) is -0.413. The molecule has 3 aromatic rings. The second-order valence-corrected chi connectivity index (χ2v) is 8.72. The first-order valence-electron chi connectivity index (χ1n) is 11.1. The maximum absolute atomic E-state index is 12.1. The number of aliphatic hydroxyl groups is 1. The Morgan fingerprint density at radius 1 is 1.07 bits per heavy atom. The highest BCUT2D eigenvalue weighted by Crippen LogP contribution is 2.39. The minimum atomic E-state index is -0.413. The molecule has 0 unspecified atom stereocenters. The minimum Gasteiger partial charge on any atom is -0.393 e. The molecular weight excluding hydrogens is 374 g/mol. The number of carbonyl (C=O) groups excluding carboxylic acids is 1. The van der Waals surface area contributed by atoms with E-state index in [1.165, 1.54) is 35.0 Å². The third-order valence-electron chi connectivity index (χ3n) is 6.75. The molecule has 0 atom stereocenters. The molecule has 0 saturated heterocycles. The number of benzene rings is 2. The van der Waals surface area contributed by atoms with Gasteiger partial charge in [0.2, 0.25) is 0 Å². The first-order chi connectivity index (χ1) is 14.6. The molecule has 5 nitrogen and oxygen atoms in total. The fourth-order valence-electron chi connectivity index (χ4n) is 5.23. The second-order valence-electron chi connectivity index (χ2n) is 8.72. The molecule has 1 fully saturated rings. The van der Waals surface area contributed by atoms with Crippen molar-refractivity contribution in [2.24, 2.45) is 5.73 Å². The summed E-state index contributed by atoms with van der Waals surface area (Å²) in [6, 6.07) is 14.9. The quantitative estimate of drug-likeness (QED) is 0.602. The fraction of sp³-hybridized carbons (Fsp3) is 0.400. The van der Waals surface area contributed by atoms with Gasteiger partial charge in [0.05, 0.1) is 11.7 Å². The van der Waals surface area contributed by atoms with Crippen molar-refractivity contribution < 1.29 is 9.90 Å². The van der Waals surface area contributed by atoms with E-state index >= 15 is 0 Å². The van der Waals surface area contributed by atoms with Crippen LogP contribution in [0.2, 0.25) is 0 Å². The number of aromatic nitrogens is 1. The number of aliphatic hydroxyl groups excluding tert-OH is 1. The van der Waals surface area contributed by atoms with Crippen molar-refractivity contribution in [3.8, 4) is 11.1 Å². The molecule has 5 rings (SSSR count). The number of carbonyl (C=O) groups is 1. The number of nitrogens with two attached hydrogens (primary N) is 1. The summed E-state index contributed by atoms with van der Waals surface area (Å²) >= 11 is 0. The van der Waals surface area contributed by atoms with Gasteiger partial charge in [-0.25, -0.2) is 0 Å². The predicted octanol–water partition coefficient (Wildman–Crippen LogP) is 4.46. The topological polar surface area (TPSA) is 80.3 Å². The van der Waals surface area contributed by atoms with Crippen LogP contribution in [0.1, 0.15) is 54.6 Å². The Balaban J connectivity index is 1.60. The molecule has 1 aromatic heterocycles. The van der Waals surface area contributed by atoms with Gasteiger partial charge >= 0.3 is 0 Å². The summed E-state index contributed by atoms with van der Waals surface area (Å²) in [6.45, 7) is 1.06. The molecule has 0 radical (unpaired) electrons. The number of hydrogen-bond donors (Lipinski definition) is 3. The Morgan fingerprint density at radius 3 is 2.67 bits per heavy atom. The Bertz CT molecular complexity index is 1090. The molecule has 1 aliphatic heterocycles. The van der Waals surface area contributed by atoms with E-state index in [4.69, 9.17) is 5.73 Å². The van der Waals surface area contributed by atoms with E-state index in [9.17, 15) is 9.90 Å². The van der Waals surface area contributed by atoms with E-state index in [0.717, 1.165) is 49.9 Å². The molecule has 1 aliphatic carbocycles. The fourth-order valence-corrected chi connectivity index (χ4v) is 5.23. The van der Waals surface area contributed by atoms with Gasteiger partial charge in [-0.1, -0.05) is 24.3 Å². The van der Waals surface area contributed by atoms with Crippen LogP contribution in [0.4, 0.5) is 5.69 Å². The number of fused-ring (bicyclic) bond motifs is 3. The van der Waals surface area contributed by atoms with Crippen LogP contribution >= 0.6 is 0 Å². The molecular formula is C25H29N3O2. The summed E-state index contributed by atoms with van der Waals surface area (Å²) in [5, 5.41) is 14.6. The lowest BCUT2D eigenvalue weighted by molar-refractivity contribution is 0.100. The van der Waals surface area contributed by atoms with Crippen LogP contribution in [0.25, 0.3) is 22.0 Å². The number of nitrogens with one attached hydrogen (secondary N) is 1. The molecule has 30 heavy (non-hydrogen) atoms. The Morgan fingerprint density at radius 2 is 1.87 bits per heavy atom. The zero-order valence-corrected chi connectivity index (χ0v) is 17.2. The lowest BCUT2D eigenvalue weighted by Gasteiger charge is -2.28. The van der Waals surface area contributed by atoms with Gasteiger partial charge in [-0.3, -0.25) is 4.79 Å². The maximum atomic E-state index is 12.1. The molecule has 0 bridgehead atoms. The van der Waals surface area contributed by atoms with Gasteiger partial charge in [-0.2, -0.15) is 0 Å². The highest BCUT2D eigenvalue weighted by Gasteiger charge is 2.24. The van der Waals surface area contributed by atoms with Crippen molar-refractivity contribution in [3.05, 3.63) is 53.7 Å². The molecule has 2 aliphatic rings. The average molecular weight is 404 g/mol. The second kappa shape index (κ2) is 7.80. The van der Waals surface area contributed by atoms with E-state index in [2.05, 4.69) is 40.2 Å². The summed E-state index contributed by atoms with van der Waals surface area (Å²) in [5.41, 5.74) is 12.1. The van der Waals surface area contributed by atoms with Crippen molar-refractivity contribution in [1.29, 1.82) is 0 Å². The van der Waals surface area contributed by atoms with Crippen molar-refractivity contribution in [1.82, 2.24) is 4.57 Å². The van der Waals surface area contributed by atoms with Crippen LogP contribution in [0, 0.1) is 0 Å². The number of hydrogen-bond acceptors (Lipinski definition) is 3. The number of nitrogens with zero attached hydrogens (tertiary/aromatic N) is 1. The molecule has 1 saturated carbocycles.